The zero-order chi connectivity index (χ0) is 15.4. The number of benzene rings is 1. The summed E-state index contributed by atoms with van der Waals surface area (Å²) in [4.78, 5) is 16.9. The Labute approximate surface area is 128 Å². The van der Waals surface area contributed by atoms with Gasteiger partial charge in [0.1, 0.15) is 0 Å². The average Bonchev–Trinajstić information content (AvgIpc) is 2.46. The van der Waals surface area contributed by atoms with E-state index in [0.717, 1.165) is 26.1 Å². The minimum atomic E-state index is -0.0931. The minimum absolute atomic E-state index is 0.0931. The number of carbonyl (C=O) groups excluding carboxylic acids is 1. The van der Waals surface area contributed by atoms with Gasteiger partial charge in [-0.2, -0.15) is 0 Å². The van der Waals surface area contributed by atoms with Crippen molar-refractivity contribution in [3.05, 3.63) is 35.4 Å². The Morgan fingerprint density at radius 3 is 2.62 bits per heavy atom. The van der Waals surface area contributed by atoms with E-state index in [4.69, 9.17) is 0 Å². The van der Waals surface area contributed by atoms with Crippen molar-refractivity contribution < 1.29 is 4.79 Å². The van der Waals surface area contributed by atoms with Gasteiger partial charge in [0, 0.05) is 25.7 Å². The Morgan fingerprint density at radius 1 is 1.33 bits per heavy atom. The molecule has 1 heterocycles. The fraction of sp³-hybridized carbons (Fsp3) is 0.588. The first-order valence-electron chi connectivity index (χ1n) is 7.78. The van der Waals surface area contributed by atoms with E-state index >= 15 is 0 Å². The number of carbonyl (C=O) groups is 1. The lowest BCUT2D eigenvalue weighted by atomic mass is 9.95. The maximum absolute atomic E-state index is 12.8. The molecular formula is C17H27N3O. The quantitative estimate of drug-likeness (QED) is 0.892. The molecule has 0 fully saturated rings. The van der Waals surface area contributed by atoms with Gasteiger partial charge < -0.3 is 15.1 Å². The van der Waals surface area contributed by atoms with Crippen molar-refractivity contribution in [2.24, 2.45) is 0 Å². The molecule has 0 radical (unpaired) electrons. The summed E-state index contributed by atoms with van der Waals surface area (Å²) < 4.78 is 0. The van der Waals surface area contributed by atoms with Crippen LogP contribution in [0.25, 0.3) is 0 Å². The van der Waals surface area contributed by atoms with Gasteiger partial charge >= 0.3 is 0 Å². The van der Waals surface area contributed by atoms with Crippen LogP contribution in [0.4, 0.5) is 0 Å². The largest absolute Gasteiger partial charge is 0.338 e. The second-order valence-electron chi connectivity index (χ2n) is 6.14. The second kappa shape index (κ2) is 7.05. The highest BCUT2D eigenvalue weighted by Gasteiger charge is 2.29. The van der Waals surface area contributed by atoms with Crippen LogP contribution in [0.15, 0.2) is 24.3 Å². The summed E-state index contributed by atoms with van der Waals surface area (Å²) in [5.74, 6) is 0.223. The third-order valence-electron chi connectivity index (χ3n) is 4.16. The van der Waals surface area contributed by atoms with Crippen LogP contribution in [0.1, 0.15) is 25.0 Å². The number of amides is 1. The summed E-state index contributed by atoms with van der Waals surface area (Å²) in [6, 6.07) is 8.52. The molecule has 0 spiro atoms. The molecule has 0 saturated heterocycles. The molecule has 1 N–H and O–H groups in total. The molecule has 0 aliphatic carbocycles. The van der Waals surface area contributed by atoms with E-state index in [-0.39, 0.29) is 18.0 Å². The van der Waals surface area contributed by atoms with Crippen molar-refractivity contribution in [1.29, 1.82) is 0 Å². The lowest BCUT2D eigenvalue weighted by molar-refractivity contribution is -0.135. The number of fused-ring (bicyclic) bond motifs is 1. The van der Waals surface area contributed by atoms with Gasteiger partial charge in [-0.25, -0.2) is 0 Å². The first-order valence-corrected chi connectivity index (χ1v) is 7.78. The van der Waals surface area contributed by atoms with Crippen molar-refractivity contribution in [2.45, 2.75) is 38.9 Å². The molecular weight excluding hydrogens is 262 g/mol. The maximum atomic E-state index is 12.8. The van der Waals surface area contributed by atoms with E-state index in [1.807, 2.05) is 19.0 Å². The second-order valence-corrected chi connectivity index (χ2v) is 6.14. The van der Waals surface area contributed by atoms with E-state index in [0.29, 0.717) is 0 Å². The third kappa shape index (κ3) is 3.83. The number of nitrogens with one attached hydrogen (secondary N) is 1. The Bertz CT molecular complexity index is 487. The zero-order valence-corrected chi connectivity index (χ0v) is 13.6. The summed E-state index contributed by atoms with van der Waals surface area (Å²) in [6.07, 6.45) is 0.792. The molecule has 4 nitrogen and oxygen atoms in total. The topological polar surface area (TPSA) is 35.6 Å². The molecule has 1 aliphatic rings. The van der Waals surface area contributed by atoms with Crippen LogP contribution in [-0.2, 0) is 17.8 Å². The summed E-state index contributed by atoms with van der Waals surface area (Å²) >= 11 is 0. The molecule has 0 aromatic heterocycles. The monoisotopic (exact) mass is 289 g/mol. The zero-order valence-electron chi connectivity index (χ0n) is 13.6. The van der Waals surface area contributed by atoms with E-state index in [1.165, 1.54) is 11.1 Å². The Hall–Kier alpha value is -1.39. The van der Waals surface area contributed by atoms with Gasteiger partial charge in [-0.1, -0.05) is 24.3 Å². The van der Waals surface area contributed by atoms with Gasteiger partial charge in [-0.3, -0.25) is 4.79 Å². The molecule has 1 amide bonds. The van der Waals surface area contributed by atoms with E-state index in [1.54, 1.807) is 0 Å². The van der Waals surface area contributed by atoms with Crippen molar-refractivity contribution in [3.63, 3.8) is 0 Å². The summed E-state index contributed by atoms with van der Waals surface area (Å²) in [5, 5.41) is 3.39. The lowest BCUT2D eigenvalue weighted by Gasteiger charge is -2.35. The van der Waals surface area contributed by atoms with Gasteiger partial charge in [0.15, 0.2) is 0 Å². The number of rotatable bonds is 5. The smallest absolute Gasteiger partial charge is 0.240 e. The van der Waals surface area contributed by atoms with E-state index in [2.05, 4.69) is 48.3 Å². The summed E-state index contributed by atoms with van der Waals surface area (Å²) in [7, 11) is 4.09. The molecule has 21 heavy (non-hydrogen) atoms. The van der Waals surface area contributed by atoms with Crippen LogP contribution in [0, 0.1) is 0 Å². The predicted octanol–water partition coefficient (Wildman–Crippen LogP) is 1.50. The fourth-order valence-corrected chi connectivity index (χ4v) is 3.14. The molecule has 2 rings (SSSR count). The number of likely N-dealkylation sites (N-methyl/N-ethyl adjacent to an activating group) is 2. The highest BCUT2D eigenvalue weighted by atomic mass is 16.2. The number of hydrogen-bond donors (Lipinski definition) is 1. The van der Waals surface area contributed by atoms with Gasteiger partial charge in [0.25, 0.3) is 0 Å². The Balaban J connectivity index is 2.06. The molecule has 1 aliphatic heterocycles. The van der Waals surface area contributed by atoms with Gasteiger partial charge in [-0.15, -0.1) is 0 Å². The molecule has 116 valence electrons. The minimum Gasteiger partial charge on any atom is -0.338 e. The van der Waals surface area contributed by atoms with Crippen molar-refractivity contribution in [3.8, 4) is 0 Å². The first kappa shape index (κ1) is 16.0. The lowest BCUT2D eigenvalue weighted by Crippen LogP contribution is -2.53. The molecule has 4 heteroatoms. The third-order valence-corrected chi connectivity index (χ3v) is 4.16. The van der Waals surface area contributed by atoms with Crippen LogP contribution in [0.5, 0.6) is 0 Å². The summed E-state index contributed by atoms with van der Waals surface area (Å²) in [6.45, 7) is 6.61. The van der Waals surface area contributed by atoms with Crippen LogP contribution in [-0.4, -0.2) is 55.0 Å². The summed E-state index contributed by atoms with van der Waals surface area (Å²) in [5.41, 5.74) is 2.61. The van der Waals surface area contributed by atoms with Crippen LogP contribution in [0.3, 0.4) is 0 Å². The fourth-order valence-electron chi connectivity index (χ4n) is 3.14. The van der Waals surface area contributed by atoms with Gasteiger partial charge in [0.05, 0.1) is 6.04 Å². The standard InChI is InChI=1S/C17H27N3O/c1-5-20(13(2)12-19(3)4)17(21)16-10-14-8-6-7-9-15(14)11-18-16/h6-9,13,16,18H,5,10-12H2,1-4H3/t13?,16-/m0/s1. The highest BCUT2D eigenvalue weighted by molar-refractivity contribution is 5.83. The van der Waals surface area contributed by atoms with Gasteiger partial charge in [0.2, 0.25) is 5.91 Å². The highest BCUT2D eigenvalue weighted by Crippen LogP contribution is 2.18. The molecule has 0 saturated carbocycles. The van der Waals surface area contributed by atoms with Crippen LogP contribution >= 0.6 is 0 Å². The Kier molecular flexibility index (Phi) is 5.37. The molecule has 1 unspecified atom stereocenters. The van der Waals surface area contributed by atoms with E-state index < -0.39 is 0 Å². The molecule has 2 atom stereocenters. The van der Waals surface area contributed by atoms with Crippen molar-refractivity contribution in [2.75, 3.05) is 27.2 Å². The van der Waals surface area contributed by atoms with Crippen LogP contribution < -0.4 is 5.32 Å². The number of hydrogen-bond acceptors (Lipinski definition) is 3. The van der Waals surface area contributed by atoms with Gasteiger partial charge in [-0.05, 0) is 45.5 Å². The predicted molar refractivity (Wildman–Crippen MR) is 86.2 cm³/mol. The molecule has 1 aromatic rings. The molecule has 0 bridgehead atoms. The van der Waals surface area contributed by atoms with Crippen molar-refractivity contribution in [1.82, 2.24) is 15.1 Å². The van der Waals surface area contributed by atoms with Crippen molar-refractivity contribution >= 4 is 5.91 Å². The van der Waals surface area contributed by atoms with E-state index in [9.17, 15) is 4.79 Å². The molecule has 1 aromatic carbocycles. The first-order chi connectivity index (χ1) is 10.0. The SMILES string of the molecule is CCN(C(=O)[C@@H]1Cc2ccccc2CN1)C(C)CN(C)C. The maximum Gasteiger partial charge on any atom is 0.240 e. The van der Waals surface area contributed by atoms with Crippen LogP contribution in [0.2, 0.25) is 0 Å². The number of nitrogens with zero attached hydrogens (tertiary/aromatic N) is 2. The average molecular weight is 289 g/mol. The Morgan fingerprint density at radius 2 is 2.00 bits per heavy atom. The normalized spacial score (nSPS) is 19.2.